The van der Waals surface area contributed by atoms with Crippen molar-refractivity contribution in [2.75, 3.05) is 13.2 Å². The highest BCUT2D eigenvalue weighted by Gasteiger charge is 2.20. The molecule has 2 unspecified atom stereocenters. The second-order valence-electron chi connectivity index (χ2n) is 20.0. The van der Waals surface area contributed by atoms with Crippen molar-refractivity contribution in [3.8, 4) is 0 Å². The van der Waals surface area contributed by atoms with Crippen LogP contribution in [0.3, 0.4) is 0 Å². The third-order valence-corrected chi connectivity index (χ3v) is 13.5. The van der Waals surface area contributed by atoms with Crippen molar-refractivity contribution in [3.05, 3.63) is 24.3 Å². The van der Waals surface area contributed by atoms with Gasteiger partial charge >= 0.3 is 5.97 Å². The first-order valence-electron chi connectivity index (χ1n) is 29.1. The van der Waals surface area contributed by atoms with Crippen LogP contribution >= 0.6 is 0 Å². The third kappa shape index (κ3) is 51.6. The molecule has 0 spiro atoms. The minimum absolute atomic E-state index is 0.0306. The summed E-state index contributed by atoms with van der Waals surface area (Å²) in [7, 11) is 0. The lowest BCUT2D eigenvalue weighted by molar-refractivity contribution is -0.143. The Kier molecular flexibility index (Phi) is 53.5. The number of carbonyl (C=O) groups excluding carboxylic acids is 2. The minimum Gasteiger partial charge on any atom is -0.466 e. The van der Waals surface area contributed by atoms with Gasteiger partial charge in [-0.25, -0.2) is 0 Å². The maximum Gasteiger partial charge on any atom is 0.305 e. The van der Waals surface area contributed by atoms with Crippen LogP contribution < -0.4 is 5.32 Å². The number of nitrogens with one attached hydrogen (secondary N) is 1. The highest BCUT2D eigenvalue weighted by atomic mass is 16.5. The number of aliphatic hydroxyl groups is 2. The Bertz CT molecular complexity index is 1010. The first kappa shape index (κ1) is 63.3. The Morgan fingerprint density at radius 1 is 0.415 bits per heavy atom. The minimum atomic E-state index is -0.682. The molecule has 0 bridgehead atoms. The second kappa shape index (κ2) is 54.9. The third-order valence-electron chi connectivity index (χ3n) is 13.5. The molecule has 0 fully saturated rings. The Labute approximate surface area is 405 Å². The molecule has 65 heavy (non-hydrogen) atoms. The van der Waals surface area contributed by atoms with Crippen molar-refractivity contribution in [3.63, 3.8) is 0 Å². The maximum absolute atomic E-state index is 12.5. The van der Waals surface area contributed by atoms with Crippen LogP contribution in [0.15, 0.2) is 24.3 Å². The van der Waals surface area contributed by atoms with E-state index in [4.69, 9.17) is 4.74 Å². The average molecular weight is 917 g/mol. The molecule has 6 heteroatoms. The van der Waals surface area contributed by atoms with Crippen molar-refractivity contribution in [2.45, 2.75) is 328 Å². The van der Waals surface area contributed by atoms with E-state index in [0.29, 0.717) is 25.9 Å². The first-order chi connectivity index (χ1) is 32.0. The number of carbonyl (C=O) groups is 2. The van der Waals surface area contributed by atoms with Gasteiger partial charge in [0.2, 0.25) is 5.91 Å². The zero-order valence-corrected chi connectivity index (χ0v) is 43.7. The van der Waals surface area contributed by atoms with E-state index in [1.54, 1.807) is 0 Å². The zero-order valence-electron chi connectivity index (χ0n) is 43.7. The van der Waals surface area contributed by atoms with Crippen molar-refractivity contribution < 1.29 is 24.5 Å². The monoisotopic (exact) mass is 916 g/mol. The van der Waals surface area contributed by atoms with Crippen LogP contribution in [0.1, 0.15) is 316 Å². The summed E-state index contributed by atoms with van der Waals surface area (Å²) in [5, 5.41) is 23.3. The topological polar surface area (TPSA) is 95.9 Å². The summed E-state index contributed by atoms with van der Waals surface area (Å²) in [6.07, 6.45) is 66.0. The summed E-state index contributed by atoms with van der Waals surface area (Å²) in [4.78, 5) is 24.5. The normalized spacial score (nSPS) is 12.7. The molecule has 0 saturated carbocycles. The summed E-state index contributed by atoms with van der Waals surface area (Å²) in [6, 6.07) is -0.561. The second-order valence-corrected chi connectivity index (χ2v) is 20.0. The molecule has 0 aliphatic rings. The van der Waals surface area contributed by atoms with Crippen LogP contribution in [0.2, 0.25) is 0 Å². The predicted molar refractivity (Wildman–Crippen MR) is 283 cm³/mol. The van der Waals surface area contributed by atoms with Gasteiger partial charge in [0, 0.05) is 12.8 Å². The number of unbranched alkanes of at least 4 members (excludes halogenated alkanes) is 39. The lowest BCUT2D eigenvalue weighted by Gasteiger charge is -2.22. The number of amides is 1. The summed E-state index contributed by atoms with van der Waals surface area (Å²) in [5.41, 5.74) is 0. The van der Waals surface area contributed by atoms with E-state index in [9.17, 15) is 19.8 Å². The Morgan fingerprint density at radius 3 is 1.09 bits per heavy atom. The van der Waals surface area contributed by atoms with Gasteiger partial charge in [0.15, 0.2) is 0 Å². The molecule has 0 saturated heterocycles. The van der Waals surface area contributed by atoms with Crippen LogP contribution in [0.4, 0.5) is 0 Å². The molecular weight excluding hydrogens is 803 g/mol. The van der Waals surface area contributed by atoms with E-state index in [1.807, 2.05) is 0 Å². The van der Waals surface area contributed by atoms with Gasteiger partial charge in [-0.05, 0) is 83.5 Å². The van der Waals surface area contributed by atoms with Crippen molar-refractivity contribution in [2.24, 2.45) is 0 Å². The molecule has 0 aliphatic carbocycles. The first-order valence-corrected chi connectivity index (χ1v) is 29.1. The number of rotatable bonds is 54. The number of hydrogen-bond acceptors (Lipinski definition) is 5. The van der Waals surface area contributed by atoms with E-state index in [1.165, 1.54) is 205 Å². The predicted octanol–water partition coefficient (Wildman–Crippen LogP) is 17.9. The molecule has 0 radical (unpaired) electrons. The summed E-state index contributed by atoms with van der Waals surface area (Å²) in [6.45, 7) is 4.90. The van der Waals surface area contributed by atoms with Crippen LogP contribution in [-0.2, 0) is 14.3 Å². The van der Waals surface area contributed by atoms with Gasteiger partial charge in [0.1, 0.15) is 0 Å². The lowest BCUT2D eigenvalue weighted by atomic mass is 10.0. The van der Waals surface area contributed by atoms with Gasteiger partial charge < -0.3 is 20.3 Å². The molecule has 2 atom stereocenters. The Morgan fingerprint density at radius 2 is 0.723 bits per heavy atom. The lowest BCUT2D eigenvalue weighted by Crippen LogP contribution is -2.45. The van der Waals surface area contributed by atoms with Crippen LogP contribution in [0, 0.1) is 0 Å². The standard InChI is InChI=1S/C59H113NO5/c1-3-5-7-9-11-13-15-17-19-20-21-22-23-24-25-26-27-31-35-39-43-47-51-57(62)56(55-61)60-58(63)52-48-44-40-36-32-29-30-34-38-42-46-50-54-65-59(64)53-49-45-41-37-33-28-18-16-14-12-10-8-6-4-2/h16,18,30,34,56-57,61-62H,3-15,17,19-29,31-33,35-55H2,1-2H3,(H,60,63)/b18-16-,34-30-. The largest absolute Gasteiger partial charge is 0.466 e. The Hall–Kier alpha value is -1.66. The summed E-state index contributed by atoms with van der Waals surface area (Å²) < 4.78 is 5.44. The molecule has 0 aliphatic heterocycles. The van der Waals surface area contributed by atoms with E-state index in [2.05, 4.69) is 43.5 Å². The fraction of sp³-hybridized carbons (Fsp3) is 0.898. The molecule has 1 amide bonds. The summed E-state index contributed by atoms with van der Waals surface area (Å²) >= 11 is 0. The molecule has 0 aromatic heterocycles. The van der Waals surface area contributed by atoms with E-state index < -0.39 is 12.1 Å². The SMILES string of the molecule is CCCCCCC/C=C\CCCCCCCC(=O)OCCCCC/C=C\CCCCCCCC(=O)NC(CO)C(O)CCCCCCCCCCCCCCCCCCCCCCCC. The summed E-state index contributed by atoms with van der Waals surface area (Å²) in [5.74, 6) is -0.0891. The Balaban J connectivity index is 3.50. The average Bonchev–Trinajstić information content (AvgIpc) is 3.31. The number of allylic oxidation sites excluding steroid dienone is 4. The van der Waals surface area contributed by atoms with Gasteiger partial charge in [0.25, 0.3) is 0 Å². The maximum atomic E-state index is 12.5. The number of hydrogen-bond donors (Lipinski definition) is 3. The van der Waals surface area contributed by atoms with Crippen molar-refractivity contribution in [1.82, 2.24) is 5.32 Å². The smallest absolute Gasteiger partial charge is 0.305 e. The van der Waals surface area contributed by atoms with Crippen molar-refractivity contribution in [1.29, 1.82) is 0 Å². The van der Waals surface area contributed by atoms with Crippen LogP contribution in [0.5, 0.6) is 0 Å². The molecule has 0 rings (SSSR count). The molecule has 0 aromatic carbocycles. The van der Waals surface area contributed by atoms with Gasteiger partial charge in [-0.15, -0.1) is 0 Å². The van der Waals surface area contributed by atoms with Gasteiger partial charge in [-0.2, -0.15) is 0 Å². The fourth-order valence-electron chi connectivity index (χ4n) is 8.98. The molecule has 6 nitrogen and oxygen atoms in total. The molecule has 0 heterocycles. The van der Waals surface area contributed by atoms with Crippen LogP contribution in [-0.4, -0.2) is 47.4 Å². The van der Waals surface area contributed by atoms with Gasteiger partial charge in [-0.3, -0.25) is 9.59 Å². The zero-order chi connectivity index (χ0) is 47.2. The molecule has 3 N–H and O–H groups in total. The van der Waals surface area contributed by atoms with E-state index in [0.717, 1.165) is 77.0 Å². The van der Waals surface area contributed by atoms with Crippen LogP contribution in [0.25, 0.3) is 0 Å². The molecular formula is C59H113NO5. The highest BCUT2D eigenvalue weighted by Crippen LogP contribution is 2.17. The number of ether oxygens (including phenoxy) is 1. The van der Waals surface area contributed by atoms with Crippen molar-refractivity contribution >= 4 is 11.9 Å². The van der Waals surface area contributed by atoms with E-state index in [-0.39, 0.29) is 18.5 Å². The number of esters is 1. The quantitative estimate of drug-likeness (QED) is 0.0321. The highest BCUT2D eigenvalue weighted by molar-refractivity contribution is 5.76. The molecule has 0 aromatic rings. The number of aliphatic hydroxyl groups excluding tert-OH is 2. The van der Waals surface area contributed by atoms with Gasteiger partial charge in [0.05, 0.1) is 25.4 Å². The molecule has 384 valence electrons. The van der Waals surface area contributed by atoms with Gasteiger partial charge in [-0.1, -0.05) is 244 Å². The fourth-order valence-corrected chi connectivity index (χ4v) is 8.98. The van der Waals surface area contributed by atoms with E-state index >= 15 is 0 Å².